The summed E-state index contributed by atoms with van der Waals surface area (Å²) in [5, 5.41) is 2.11. The molecule has 0 aliphatic rings. The topological polar surface area (TPSA) is 43.1 Å². The van der Waals surface area contributed by atoms with Crippen LogP contribution in [0.15, 0.2) is 121 Å². The van der Waals surface area contributed by atoms with Gasteiger partial charge in [0.25, 0.3) is 0 Å². The van der Waals surface area contributed by atoms with Gasteiger partial charge in [-0.05, 0) is 47.5 Å². The molecule has 0 N–H and O–H groups in total. The molecule has 0 atom stereocenters. The monoisotopic (exact) mass is 504 g/mol. The normalized spacial score (nSPS) is 11.7. The smallest absolute Gasteiger partial charge is 0.137 e. The van der Waals surface area contributed by atoms with Crippen LogP contribution in [0.4, 0.5) is 0 Å². The maximum Gasteiger partial charge on any atom is 0.137 e. The minimum atomic E-state index is 0.920. The van der Waals surface area contributed by atoms with E-state index in [-0.39, 0.29) is 0 Å². The molecule has 0 unspecified atom stereocenters. The van der Waals surface area contributed by atoms with Crippen LogP contribution >= 0.6 is 11.3 Å². The quantitative estimate of drug-likeness (QED) is 0.242. The summed E-state index contributed by atoms with van der Waals surface area (Å²) in [6.07, 6.45) is 2.06. The predicted octanol–water partition coefficient (Wildman–Crippen LogP) is 8.65. The van der Waals surface area contributed by atoms with Gasteiger partial charge < -0.3 is 0 Å². The second-order valence-electron chi connectivity index (χ2n) is 9.36. The molecule has 38 heavy (non-hydrogen) atoms. The van der Waals surface area contributed by atoms with Crippen molar-refractivity contribution in [2.75, 3.05) is 0 Å². The summed E-state index contributed by atoms with van der Waals surface area (Å²) in [4.78, 5) is 14.9. The number of pyridine rings is 2. The minimum absolute atomic E-state index is 0.920. The van der Waals surface area contributed by atoms with Crippen molar-refractivity contribution in [3.63, 3.8) is 0 Å². The average molecular weight is 505 g/mol. The lowest BCUT2D eigenvalue weighted by Gasteiger charge is -2.10. The van der Waals surface area contributed by atoms with Crippen molar-refractivity contribution < 1.29 is 0 Å². The number of aromatic nitrogens is 4. The van der Waals surface area contributed by atoms with E-state index in [0.717, 1.165) is 66.1 Å². The fraction of sp³-hybridized carbons (Fsp3) is 0. The van der Waals surface area contributed by atoms with E-state index in [4.69, 9.17) is 15.0 Å². The van der Waals surface area contributed by atoms with Crippen molar-refractivity contribution in [3.8, 4) is 33.0 Å². The Morgan fingerprint density at radius 3 is 2.21 bits per heavy atom. The molecule has 8 rings (SSSR count). The molecular formula is C33H20N4S. The standard InChI is InChI=1S/C33H20N4S/c1-2-11-26-25(10-1)31-32(37-19-6-5-14-29(37)36-31)30(34-26)24-9-7-8-23(20-24)21-15-17-22(18-16-21)33-35-27-12-3-4-13-28(27)38-33/h1-20H. The fourth-order valence-electron chi connectivity index (χ4n) is 5.20. The van der Waals surface area contributed by atoms with E-state index in [1.165, 1.54) is 4.70 Å². The lowest BCUT2D eigenvalue weighted by Crippen LogP contribution is -1.92. The highest BCUT2D eigenvalue weighted by Crippen LogP contribution is 2.35. The summed E-state index contributed by atoms with van der Waals surface area (Å²) >= 11 is 1.73. The Bertz CT molecular complexity index is 2100. The molecule has 0 saturated carbocycles. The van der Waals surface area contributed by atoms with Crippen molar-refractivity contribution in [1.82, 2.24) is 19.4 Å². The van der Waals surface area contributed by atoms with E-state index in [9.17, 15) is 0 Å². The van der Waals surface area contributed by atoms with Gasteiger partial charge in [-0.1, -0.05) is 78.9 Å². The zero-order valence-electron chi connectivity index (χ0n) is 20.2. The Hall–Kier alpha value is -4.87. The van der Waals surface area contributed by atoms with Gasteiger partial charge in [-0.2, -0.15) is 0 Å². The van der Waals surface area contributed by atoms with Gasteiger partial charge in [-0.15, -0.1) is 11.3 Å². The van der Waals surface area contributed by atoms with Gasteiger partial charge in [0.15, 0.2) is 0 Å². The Kier molecular flexibility index (Phi) is 4.66. The van der Waals surface area contributed by atoms with E-state index >= 15 is 0 Å². The second kappa shape index (κ2) is 8.33. The molecule has 0 radical (unpaired) electrons. The molecule has 4 aromatic heterocycles. The van der Waals surface area contributed by atoms with Crippen LogP contribution in [0.25, 0.3) is 70.8 Å². The minimum Gasteiger partial charge on any atom is -0.298 e. The van der Waals surface area contributed by atoms with Crippen LogP contribution in [0, 0.1) is 0 Å². The number of nitrogens with zero attached hydrogens (tertiary/aromatic N) is 4. The Labute approximate surface area is 222 Å². The van der Waals surface area contributed by atoms with E-state index in [0.29, 0.717) is 0 Å². The Morgan fingerprint density at radius 2 is 1.32 bits per heavy atom. The number of thiazole rings is 1. The third-order valence-electron chi connectivity index (χ3n) is 7.04. The van der Waals surface area contributed by atoms with Crippen LogP contribution in [-0.2, 0) is 0 Å². The second-order valence-corrected chi connectivity index (χ2v) is 10.4. The summed E-state index contributed by atoms with van der Waals surface area (Å²) in [5.74, 6) is 0. The zero-order valence-corrected chi connectivity index (χ0v) is 21.1. The first-order valence-electron chi connectivity index (χ1n) is 12.5. The molecule has 0 aliphatic heterocycles. The van der Waals surface area contributed by atoms with Crippen molar-refractivity contribution in [1.29, 1.82) is 0 Å². The van der Waals surface area contributed by atoms with Crippen molar-refractivity contribution in [2.45, 2.75) is 0 Å². The molecule has 4 heterocycles. The summed E-state index contributed by atoms with van der Waals surface area (Å²) in [6.45, 7) is 0. The highest BCUT2D eigenvalue weighted by molar-refractivity contribution is 7.21. The molecule has 4 nitrogen and oxygen atoms in total. The van der Waals surface area contributed by atoms with E-state index in [1.54, 1.807) is 11.3 Å². The van der Waals surface area contributed by atoms with Crippen LogP contribution in [0.2, 0.25) is 0 Å². The summed E-state index contributed by atoms with van der Waals surface area (Å²) in [7, 11) is 0. The maximum atomic E-state index is 5.14. The van der Waals surface area contributed by atoms with Crippen molar-refractivity contribution in [3.05, 3.63) is 121 Å². The Balaban J connectivity index is 1.26. The third-order valence-corrected chi connectivity index (χ3v) is 8.13. The number of hydrogen-bond acceptors (Lipinski definition) is 4. The maximum absolute atomic E-state index is 5.14. The number of hydrogen-bond donors (Lipinski definition) is 0. The van der Waals surface area contributed by atoms with Gasteiger partial charge >= 0.3 is 0 Å². The van der Waals surface area contributed by atoms with Gasteiger partial charge in [-0.25, -0.2) is 15.0 Å². The number of imidazole rings is 1. The lowest BCUT2D eigenvalue weighted by molar-refractivity contribution is 1.22. The Morgan fingerprint density at radius 1 is 0.553 bits per heavy atom. The highest BCUT2D eigenvalue weighted by Gasteiger charge is 2.16. The molecule has 8 aromatic rings. The molecule has 0 spiro atoms. The van der Waals surface area contributed by atoms with E-state index < -0.39 is 0 Å². The van der Waals surface area contributed by atoms with E-state index in [2.05, 4.69) is 89.5 Å². The summed E-state index contributed by atoms with van der Waals surface area (Å²) in [6, 6.07) is 39.9. The SMILES string of the molecule is c1cc(-c2ccc(-c3nc4ccccc4s3)cc2)cc(-c2nc3ccccc3c3nc4ccccn4c23)c1. The fourth-order valence-corrected chi connectivity index (χ4v) is 6.17. The van der Waals surface area contributed by atoms with Crippen molar-refractivity contribution >= 4 is 49.1 Å². The number of benzene rings is 4. The highest BCUT2D eigenvalue weighted by atomic mass is 32.1. The van der Waals surface area contributed by atoms with Crippen LogP contribution in [0.3, 0.4) is 0 Å². The number of rotatable bonds is 3. The van der Waals surface area contributed by atoms with Crippen LogP contribution in [0.5, 0.6) is 0 Å². The first-order valence-corrected chi connectivity index (χ1v) is 13.4. The van der Waals surface area contributed by atoms with Gasteiger partial charge in [0.2, 0.25) is 0 Å². The first-order chi connectivity index (χ1) is 18.8. The first kappa shape index (κ1) is 21.2. The molecule has 0 aliphatic carbocycles. The lowest BCUT2D eigenvalue weighted by atomic mass is 9.99. The molecular weight excluding hydrogens is 484 g/mol. The van der Waals surface area contributed by atoms with Crippen LogP contribution in [-0.4, -0.2) is 19.4 Å². The number of para-hydroxylation sites is 2. The van der Waals surface area contributed by atoms with Crippen LogP contribution in [0.1, 0.15) is 0 Å². The average Bonchev–Trinajstić information content (AvgIpc) is 3.59. The van der Waals surface area contributed by atoms with E-state index in [1.807, 2.05) is 36.4 Å². The third kappa shape index (κ3) is 3.33. The summed E-state index contributed by atoms with van der Waals surface area (Å²) < 4.78 is 3.35. The molecule has 0 fully saturated rings. The van der Waals surface area contributed by atoms with Gasteiger partial charge in [0.1, 0.15) is 16.2 Å². The van der Waals surface area contributed by atoms with Crippen LogP contribution < -0.4 is 0 Å². The molecule has 0 bridgehead atoms. The zero-order chi connectivity index (χ0) is 25.1. The number of fused-ring (bicyclic) bond motifs is 6. The molecule has 4 aromatic carbocycles. The molecule has 5 heteroatoms. The molecule has 0 saturated heterocycles. The van der Waals surface area contributed by atoms with Gasteiger partial charge in [-0.3, -0.25) is 4.40 Å². The van der Waals surface area contributed by atoms with Gasteiger partial charge in [0, 0.05) is 22.7 Å². The largest absolute Gasteiger partial charge is 0.298 e. The predicted molar refractivity (Wildman–Crippen MR) is 157 cm³/mol. The van der Waals surface area contributed by atoms with Crippen molar-refractivity contribution in [2.24, 2.45) is 0 Å². The summed E-state index contributed by atoms with van der Waals surface area (Å²) in [5.41, 5.74) is 10.4. The molecule has 178 valence electrons. The van der Waals surface area contributed by atoms with Gasteiger partial charge in [0.05, 0.1) is 26.9 Å². The molecule has 0 amide bonds.